The van der Waals surface area contributed by atoms with Crippen LogP contribution >= 0.6 is 0 Å². The summed E-state index contributed by atoms with van der Waals surface area (Å²) < 4.78 is 10.7. The van der Waals surface area contributed by atoms with Crippen molar-refractivity contribution in [1.82, 2.24) is 10.3 Å². The van der Waals surface area contributed by atoms with Crippen LogP contribution < -0.4 is 10.1 Å². The Hall–Kier alpha value is -2.82. The van der Waals surface area contributed by atoms with E-state index < -0.39 is 0 Å². The smallest absolute Gasteiger partial charge is 0.255 e. The van der Waals surface area contributed by atoms with Gasteiger partial charge in [-0.1, -0.05) is 18.2 Å². The second-order valence-electron chi connectivity index (χ2n) is 5.24. The Morgan fingerprint density at radius 1 is 1.26 bits per heavy atom. The summed E-state index contributed by atoms with van der Waals surface area (Å²) in [6.45, 7) is 2.36. The topological polar surface area (TPSA) is 64.4 Å². The van der Waals surface area contributed by atoms with E-state index in [4.69, 9.17) is 9.15 Å². The highest BCUT2D eigenvalue weighted by molar-refractivity contribution is 5.96. The van der Waals surface area contributed by atoms with Crippen LogP contribution in [0.1, 0.15) is 21.8 Å². The van der Waals surface area contributed by atoms with Crippen LogP contribution in [-0.2, 0) is 6.42 Å². The Bertz CT molecular complexity index is 839. The standard InChI is InChI=1S/C18H18N2O3/c1-12-20-15-8-7-13(11-17(15)23-12)9-10-19-18(21)14-5-3-4-6-16(14)22-2/h3-8,11H,9-10H2,1-2H3,(H,19,21). The molecule has 0 spiro atoms. The van der Waals surface area contributed by atoms with Crippen molar-refractivity contribution in [3.8, 4) is 5.75 Å². The Morgan fingerprint density at radius 2 is 2.09 bits per heavy atom. The summed E-state index contributed by atoms with van der Waals surface area (Å²) >= 11 is 0. The van der Waals surface area contributed by atoms with Crippen molar-refractivity contribution in [3.63, 3.8) is 0 Å². The summed E-state index contributed by atoms with van der Waals surface area (Å²) in [5, 5.41) is 2.91. The molecule has 1 amide bonds. The fraction of sp³-hybridized carbons (Fsp3) is 0.222. The zero-order chi connectivity index (χ0) is 16.2. The molecule has 118 valence electrons. The van der Waals surface area contributed by atoms with Crippen molar-refractivity contribution in [3.05, 3.63) is 59.5 Å². The van der Waals surface area contributed by atoms with Crippen LogP contribution in [0.3, 0.4) is 0 Å². The molecule has 1 aromatic heterocycles. The second-order valence-corrected chi connectivity index (χ2v) is 5.24. The van der Waals surface area contributed by atoms with Gasteiger partial charge in [0.1, 0.15) is 11.3 Å². The summed E-state index contributed by atoms with van der Waals surface area (Å²) in [4.78, 5) is 16.5. The van der Waals surface area contributed by atoms with Gasteiger partial charge in [0.05, 0.1) is 12.7 Å². The van der Waals surface area contributed by atoms with Gasteiger partial charge >= 0.3 is 0 Å². The normalized spacial score (nSPS) is 10.7. The van der Waals surface area contributed by atoms with Gasteiger partial charge < -0.3 is 14.5 Å². The largest absolute Gasteiger partial charge is 0.496 e. The number of methoxy groups -OCH3 is 1. The van der Waals surface area contributed by atoms with E-state index in [1.54, 1.807) is 19.2 Å². The molecule has 1 N–H and O–H groups in total. The predicted molar refractivity (Wildman–Crippen MR) is 87.8 cm³/mol. The maximum Gasteiger partial charge on any atom is 0.255 e. The Morgan fingerprint density at radius 3 is 2.91 bits per heavy atom. The SMILES string of the molecule is COc1ccccc1C(=O)NCCc1ccc2nc(C)oc2c1. The van der Waals surface area contributed by atoms with Crippen molar-refractivity contribution in [1.29, 1.82) is 0 Å². The number of rotatable bonds is 5. The molecule has 0 atom stereocenters. The summed E-state index contributed by atoms with van der Waals surface area (Å²) in [6, 6.07) is 13.1. The number of aryl methyl sites for hydroxylation is 1. The lowest BCUT2D eigenvalue weighted by atomic mass is 10.1. The third kappa shape index (κ3) is 3.34. The molecule has 0 radical (unpaired) electrons. The highest BCUT2D eigenvalue weighted by Gasteiger charge is 2.10. The first-order valence-electron chi connectivity index (χ1n) is 7.44. The Labute approximate surface area is 134 Å². The third-order valence-electron chi connectivity index (χ3n) is 3.61. The number of fused-ring (bicyclic) bond motifs is 1. The molecule has 0 fully saturated rings. The lowest BCUT2D eigenvalue weighted by Gasteiger charge is -2.09. The van der Waals surface area contributed by atoms with Gasteiger partial charge in [-0.15, -0.1) is 0 Å². The molecule has 0 saturated carbocycles. The van der Waals surface area contributed by atoms with Gasteiger partial charge in [0.15, 0.2) is 11.5 Å². The van der Waals surface area contributed by atoms with Crippen molar-refractivity contribution >= 4 is 17.0 Å². The van der Waals surface area contributed by atoms with Crippen LogP contribution in [0.25, 0.3) is 11.1 Å². The summed E-state index contributed by atoms with van der Waals surface area (Å²) in [5.41, 5.74) is 3.26. The number of amides is 1. The number of hydrogen-bond acceptors (Lipinski definition) is 4. The van der Waals surface area contributed by atoms with E-state index in [1.807, 2.05) is 37.3 Å². The van der Waals surface area contributed by atoms with E-state index in [0.29, 0.717) is 23.7 Å². The first kappa shape index (κ1) is 15.1. The molecule has 1 heterocycles. The van der Waals surface area contributed by atoms with E-state index in [-0.39, 0.29) is 5.91 Å². The molecule has 0 aliphatic carbocycles. The number of carbonyl (C=O) groups is 1. The first-order chi connectivity index (χ1) is 11.2. The zero-order valence-electron chi connectivity index (χ0n) is 13.1. The molecule has 3 aromatic rings. The maximum atomic E-state index is 12.2. The molecule has 0 aliphatic heterocycles. The number of para-hydroxylation sites is 1. The molecule has 23 heavy (non-hydrogen) atoms. The van der Waals surface area contributed by atoms with Crippen molar-refractivity contribution < 1.29 is 13.9 Å². The number of nitrogens with zero attached hydrogens (tertiary/aromatic N) is 1. The van der Waals surface area contributed by atoms with Gasteiger partial charge in [-0.05, 0) is 36.2 Å². The minimum absolute atomic E-state index is 0.140. The van der Waals surface area contributed by atoms with Gasteiger partial charge in [0.2, 0.25) is 0 Å². The Kier molecular flexibility index (Phi) is 4.28. The number of nitrogens with one attached hydrogen (secondary N) is 1. The molecule has 5 heteroatoms. The van der Waals surface area contributed by atoms with Crippen molar-refractivity contribution in [2.24, 2.45) is 0 Å². The quantitative estimate of drug-likeness (QED) is 0.786. The average molecular weight is 310 g/mol. The molecule has 5 nitrogen and oxygen atoms in total. The summed E-state index contributed by atoms with van der Waals surface area (Å²) in [6.07, 6.45) is 0.719. The number of hydrogen-bond donors (Lipinski definition) is 1. The molecular weight excluding hydrogens is 292 g/mol. The van der Waals surface area contributed by atoms with Crippen LogP contribution in [-0.4, -0.2) is 24.5 Å². The third-order valence-corrected chi connectivity index (χ3v) is 3.61. The minimum atomic E-state index is -0.140. The fourth-order valence-corrected chi connectivity index (χ4v) is 2.49. The molecule has 3 rings (SSSR count). The van der Waals surface area contributed by atoms with Crippen LogP contribution in [0.15, 0.2) is 46.9 Å². The molecule has 0 bridgehead atoms. The van der Waals surface area contributed by atoms with Gasteiger partial charge in [0.25, 0.3) is 5.91 Å². The summed E-state index contributed by atoms with van der Waals surface area (Å²) in [7, 11) is 1.56. The number of benzene rings is 2. The van der Waals surface area contributed by atoms with E-state index >= 15 is 0 Å². The highest BCUT2D eigenvalue weighted by atomic mass is 16.5. The van der Waals surface area contributed by atoms with Crippen LogP contribution in [0.4, 0.5) is 0 Å². The van der Waals surface area contributed by atoms with Crippen LogP contribution in [0.2, 0.25) is 0 Å². The number of oxazole rings is 1. The van der Waals surface area contributed by atoms with E-state index in [1.165, 1.54) is 0 Å². The fourth-order valence-electron chi connectivity index (χ4n) is 2.49. The minimum Gasteiger partial charge on any atom is -0.496 e. The number of ether oxygens (including phenoxy) is 1. The van der Waals surface area contributed by atoms with E-state index in [2.05, 4.69) is 10.3 Å². The van der Waals surface area contributed by atoms with Gasteiger partial charge in [-0.25, -0.2) is 4.98 Å². The van der Waals surface area contributed by atoms with Gasteiger partial charge in [0, 0.05) is 13.5 Å². The maximum absolute atomic E-state index is 12.2. The van der Waals surface area contributed by atoms with Gasteiger partial charge in [-0.3, -0.25) is 4.79 Å². The van der Waals surface area contributed by atoms with Crippen LogP contribution in [0, 0.1) is 6.92 Å². The molecule has 0 aliphatic rings. The van der Waals surface area contributed by atoms with Gasteiger partial charge in [-0.2, -0.15) is 0 Å². The predicted octanol–water partition coefficient (Wildman–Crippen LogP) is 3.12. The average Bonchev–Trinajstić information content (AvgIpc) is 2.94. The number of carbonyl (C=O) groups excluding carboxylic acids is 1. The molecule has 0 unspecified atom stereocenters. The van der Waals surface area contributed by atoms with E-state index in [0.717, 1.165) is 23.1 Å². The van der Waals surface area contributed by atoms with Crippen molar-refractivity contribution in [2.75, 3.05) is 13.7 Å². The molecule has 0 saturated heterocycles. The molecular formula is C18H18N2O3. The first-order valence-corrected chi connectivity index (χ1v) is 7.44. The number of aromatic nitrogens is 1. The van der Waals surface area contributed by atoms with Crippen molar-refractivity contribution in [2.45, 2.75) is 13.3 Å². The van der Waals surface area contributed by atoms with Crippen LogP contribution in [0.5, 0.6) is 5.75 Å². The zero-order valence-corrected chi connectivity index (χ0v) is 13.1. The lowest BCUT2D eigenvalue weighted by Crippen LogP contribution is -2.26. The Balaban J connectivity index is 1.62. The highest BCUT2D eigenvalue weighted by Crippen LogP contribution is 2.18. The second kappa shape index (κ2) is 6.52. The summed E-state index contributed by atoms with van der Waals surface area (Å²) in [5.74, 6) is 1.09. The van der Waals surface area contributed by atoms with E-state index in [9.17, 15) is 4.79 Å². The monoisotopic (exact) mass is 310 g/mol. The lowest BCUT2D eigenvalue weighted by molar-refractivity contribution is 0.0951. The molecule has 2 aromatic carbocycles.